The van der Waals surface area contributed by atoms with E-state index in [4.69, 9.17) is 0 Å². The van der Waals surface area contributed by atoms with Crippen LogP contribution in [0.5, 0.6) is 0 Å². The predicted octanol–water partition coefficient (Wildman–Crippen LogP) is 10.8. The molecule has 0 N–H and O–H groups in total. The van der Waals surface area contributed by atoms with Crippen LogP contribution in [0.2, 0.25) is 0 Å². The van der Waals surface area contributed by atoms with Gasteiger partial charge in [-0.15, -0.1) is 0 Å². The minimum Gasteiger partial charge on any atom is -0.328 e. The van der Waals surface area contributed by atoms with E-state index in [9.17, 15) is 0 Å². The SMILES string of the molecule is C[PH+](C1CCCCC1)C1CCCCC1.C[PH+](C1CCCCC1)C1CCCCC1.[Au+].[Au].[CH-]1CCCC1. The standard InChI is InChI=1S/2C13H25P.C5H9.2Au/c2*1-14(12-8-4-2-5-9-12)13-10-6-3-7-11-13;1-2-4-5-3-1;;/h2*12-13H,2-11H2,1H3;1H,2-5H2;;/q;;-1;;+1/p+2. The molecule has 35 heavy (non-hydrogen) atoms. The number of rotatable bonds is 4. The van der Waals surface area contributed by atoms with Crippen molar-refractivity contribution in [2.75, 3.05) is 13.3 Å². The Labute approximate surface area is 255 Å². The van der Waals surface area contributed by atoms with Gasteiger partial charge in [-0.3, -0.25) is 0 Å². The molecule has 5 saturated carbocycles. The molecule has 5 fully saturated rings. The van der Waals surface area contributed by atoms with E-state index in [1.807, 2.05) is 0 Å². The molecule has 1 radical (unpaired) electrons. The van der Waals surface area contributed by atoms with Gasteiger partial charge in [0.1, 0.15) is 0 Å². The van der Waals surface area contributed by atoms with Gasteiger partial charge in [0.25, 0.3) is 0 Å². The van der Waals surface area contributed by atoms with E-state index < -0.39 is 0 Å². The first-order valence-corrected chi connectivity index (χ1v) is 20.0. The van der Waals surface area contributed by atoms with Gasteiger partial charge in [-0.05, 0) is 103 Å². The largest absolute Gasteiger partial charge is 1.00 e. The first kappa shape index (κ1) is 35.4. The Morgan fingerprint density at radius 1 is 0.400 bits per heavy atom. The van der Waals surface area contributed by atoms with Crippen molar-refractivity contribution in [3.05, 3.63) is 6.42 Å². The smallest absolute Gasteiger partial charge is 0.328 e. The van der Waals surface area contributed by atoms with E-state index in [0.29, 0.717) is 0 Å². The second-order valence-corrected chi connectivity index (χ2v) is 18.6. The molecule has 0 spiro atoms. The maximum Gasteiger partial charge on any atom is 1.00 e. The van der Waals surface area contributed by atoms with Crippen LogP contribution < -0.4 is 0 Å². The van der Waals surface area contributed by atoms with Gasteiger partial charge in [-0.2, -0.15) is 12.8 Å². The Kier molecular flexibility index (Phi) is 22.3. The summed E-state index contributed by atoms with van der Waals surface area (Å²) in [5.41, 5.74) is 4.77. The molecule has 0 amide bonds. The van der Waals surface area contributed by atoms with Crippen molar-refractivity contribution in [3.63, 3.8) is 0 Å². The Morgan fingerprint density at radius 2 is 0.629 bits per heavy atom. The third kappa shape index (κ3) is 14.0. The summed E-state index contributed by atoms with van der Waals surface area (Å²) in [5, 5.41) is 0. The zero-order valence-corrected chi connectivity index (χ0v) is 29.8. The zero-order chi connectivity index (χ0) is 23.1. The van der Waals surface area contributed by atoms with E-state index in [1.165, 1.54) is 74.0 Å². The molecule has 0 saturated heterocycles. The molecule has 0 bridgehead atoms. The van der Waals surface area contributed by atoms with Crippen molar-refractivity contribution in [2.45, 2.75) is 177 Å². The van der Waals surface area contributed by atoms with E-state index in [-0.39, 0.29) is 60.6 Å². The van der Waals surface area contributed by atoms with Crippen LogP contribution in [-0.4, -0.2) is 36.0 Å². The van der Waals surface area contributed by atoms with Crippen molar-refractivity contribution in [2.24, 2.45) is 0 Å². The van der Waals surface area contributed by atoms with Gasteiger partial charge in [0.2, 0.25) is 0 Å². The number of hydrogen-bond acceptors (Lipinski definition) is 0. The maximum atomic E-state index is 2.65. The molecule has 0 nitrogen and oxygen atoms in total. The van der Waals surface area contributed by atoms with Crippen molar-refractivity contribution in [1.82, 2.24) is 0 Å². The minimum atomic E-state index is 0. The van der Waals surface area contributed by atoms with Crippen LogP contribution in [0, 0.1) is 6.42 Å². The molecular formula is C31H61Au2P2+2. The summed E-state index contributed by atoms with van der Waals surface area (Å²) < 4.78 is 0. The topological polar surface area (TPSA) is 0 Å². The van der Waals surface area contributed by atoms with Crippen LogP contribution in [0.15, 0.2) is 0 Å². The van der Waals surface area contributed by atoms with Gasteiger partial charge in [-0.1, -0.05) is 38.5 Å². The van der Waals surface area contributed by atoms with Crippen LogP contribution >= 0.6 is 15.8 Å². The first-order valence-electron chi connectivity index (χ1n) is 15.7. The molecule has 0 aromatic rings. The summed E-state index contributed by atoms with van der Waals surface area (Å²) >= 11 is 0. The molecule has 5 aliphatic carbocycles. The Bertz CT molecular complexity index is 379. The summed E-state index contributed by atoms with van der Waals surface area (Å²) in [4.78, 5) is 0. The molecule has 5 rings (SSSR count). The third-order valence-electron chi connectivity index (χ3n) is 10.1. The van der Waals surface area contributed by atoms with Crippen LogP contribution in [0.1, 0.15) is 154 Å². The monoisotopic (exact) mass is 889 g/mol. The van der Waals surface area contributed by atoms with E-state index in [1.54, 1.807) is 103 Å². The van der Waals surface area contributed by atoms with Gasteiger partial charge >= 0.3 is 22.4 Å². The van der Waals surface area contributed by atoms with Crippen LogP contribution in [-0.2, 0) is 44.8 Å². The van der Waals surface area contributed by atoms with E-state index in [2.05, 4.69) is 19.8 Å². The fourth-order valence-electron chi connectivity index (χ4n) is 7.62. The molecule has 215 valence electrons. The number of hydrogen-bond donors (Lipinski definition) is 0. The molecule has 0 aromatic carbocycles. The summed E-state index contributed by atoms with van der Waals surface area (Å²) in [6.45, 7) is 5.30. The molecule has 0 aliphatic heterocycles. The normalized spacial score (nSPS) is 25.0. The van der Waals surface area contributed by atoms with Crippen molar-refractivity contribution in [1.29, 1.82) is 0 Å². The summed E-state index contributed by atoms with van der Waals surface area (Å²) in [6, 6.07) is 0. The van der Waals surface area contributed by atoms with Crippen LogP contribution in [0.25, 0.3) is 0 Å². The second kappa shape index (κ2) is 22.1. The minimum absolute atomic E-state index is 0. The van der Waals surface area contributed by atoms with Gasteiger partial charge < -0.3 is 6.42 Å². The predicted molar refractivity (Wildman–Crippen MR) is 159 cm³/mol. The first-order chi connectivity index (χ1) is 16.3. The molecular weight excluding hydrogens is 828 g/mol. The van der Waals surface area contributed by atoms with Crippen LogP contribution in [0.4, 0.5) is 0 Å². The quantitative estimate of drug-likeness (QED) is 0.150. The average molecular weight is 890 g/mol. The second-order valence-electron chi connectivity index (χ2n) is 12.4. The molecule has 0 atom stereocenters. The summed E-state index contributed by atoms with van der Waals surface area (Å²) in [6.07, 6.45) is 39.1. The fraction of sp³-hybridized carbons (Fsp3) is 0.968. The zero-order valence-electron chi connectivity index (χ0n) is 23.5. The van der Waals surface area contributed by atoms with Gasteiger partial charge in [-0.25, -0.2) is 0 Å². The Balaban J connectivity index is 0.000000279. The fourth-order valence-corrected chi connectivity index (χ4v) is 14.2. The van der Waals surface area contributed by atoms with Crippen molar-refractivity contribution < 1.29 is 44.8 Å². The van der Waals surface area contributed by atoms with Gasteiger partial charge in [0.05, 0.1) is 22.6 Å². The average Bonchev–Trinajstić information content (AvgIpc) is 3.51. The van der Waals surface area contributed by atoms with Gasteiger partial charge in [0, 0.05) is 51.6 Å². The van der Waals surface area contributed by atoms with Crippen molar-refractivity contribution in [3.8, 4) is 0 Å². The van der Waals surface area contributed by atoms with Crippen molar-refractivity contribution >= 4 is 15.8 Å². The molecule has 0 aromatic heterocycles. The van der Waals surface area contributed by atoms with Gasteiger partial charge in [0.15, 0.2) is 0 Å². The molecule has 4 heteroatoms. The van der Waals surface area contributed by atoms with E-state index >= 15 is 0 Å². The molecule has 5 aliphatic rings. The summed E-state index contributed by atoms with van der Waals surface area (Å²) in [5.74, 6) is 0. The third-order valence-corrected chi connectivity index (χ3v) is 17.5. The Morgan fingerprint density at radius 3 is 0.800 bits per heavy atom. The van der Waals surface area contributed by atoms with E-state index in [0.717, 1.165) is 0 Å². The van der Waals surface area contributed by atoms with Crippen LogP contribution in [0.3, 0.4) is 0 Å². The Hall–Kier alpha value is 2.34. The molecule has 0 heterocycles. The molecule has 0 unspecified atom stereocenters. The maximum absolute atomic E-state index is 2.65. The summed E-state index contributed by atoms with van der Waals surface area (Å²) in [7, 11) is 0.0182.